The van der Waals surface area contributed by atoms with E-state index in [1.165, 1.54) is 0 Å². The van der Waals surface area contributed by atoms with Crippen LogP contribution < -0.4 is 10.1 Å². The number of aromatic nitrogens is 2. The molecule has 5 nitrogen and oxygen atoms in total. The van der Waals surface area contributed by atoms with E-state index in [1.807, 2.05) is 6.07 Å². The second-order valence-corrected chi connectivity index (χ2v) is 5.41. The minimum Gasteiger partial charge on any atom is -0.484 e. The molecule has 0 amide bonds. The third-order valence-corrected chi connectivity index (χ3v) is 3.24. The Balaban J connectivity index is 2.12. The summed E-state index contributed by atoms with van der Waals surface area (Å²) in [5.74, 6) is 1.57. The predicted molar refractivity (Wildman–Crippen MR) is 81.8 cm³/mol. The molecule has 0 saturated heterocycles. The fourth-order valence-electron chi connectivity index (χ4n) is 1.84. The first-order chi connectivity index (χ1) is 10.1. The van der Waals surface area contributed by atoms with Crippen molar-refractivity contribution < 1.29 is 9.26 Å². The van der Waals surface area contributed by atoms with Crippen molar-refractivity contribution in [3.8, 4) is 5.75 Å². The Morgan fingerprint density at radius 2 is 2.14 bits per heavy atom. The molecule has 2 aromatic rings. The van der Waals surface area contributed by atoms with Crippen molar-refractivity contribution in [1.82, 2.24) is 15.5 Å². The van der Waals surface area contributed by atoms with Crippen molar-refractivity contribution in [2.75, 3.05) is 6.54 Å². The molecule has 1 heterocycles. The number of ether oxygens (including phenoxy) is 1. The molecule has 1 aromatic heterocycles. The molecule has 1 aromatic carbocycles. The van der Waals surface area contributed by atoms with Crippen molar-refractivity contribution in [1.29, 1.82) is 0 Å². The van der Waals surface area contributed by atoms with Gasteiger partial charge in [-0.3, -0.25) is 0 Å². The summed E-state index contributed by atoms with van der Waals surface area (Å²) in [5, 5.41) is 8.14. The van der Waals surface area contributed by atoms with E-state index in [0.717, 1.165) is 18.5 Å². The molecule has 2 rings (SSSR count). The Morgan fingerprint density at radius 1 is 1.33 bits per heavy atom. The average Bonchev–Trinajstić information content (AvgIpc) is 2.83. The third kappa shape index (κ3) is 4.59. The minimum absolute atomic E-state index is 0.194. The molecular weight excluding hydrogens is 313 g/mol. The molecule has 0 aliphatic rings. The summed E-state index contributed by atoms with van der Waals surface area (Å²) in [6, 6.07) is 3.50. The molecule has 0 saturated carbocycles. The molecule has 0 spiro atoms. The van der Waals surface area contributed by atoms with Crippen molar-refractivity contribution in [2.45, 2.75) is 33.4 Å². The Morgan fingerprint density at radius 3 is 2.81 bits per heavy atom. The van der Waals surface area contributed by atoms with E-state index in [-0.39, 0.29) is 6.61 Å². The molecule has 0 fully saturated rings. The quantitative estimate of drug-likeness (QED) is 0.783. The van der Waals surface area contributed by atoms with Gasteiger partial charge in [0.05, 0.1) is 5.02 Å². The van der Waals surface area contributed by atoms with Gasteiger partial charge < -0.3 is 14.6 Å². The van der Waals surface area contributed by atoms with Gasteiger partial charge in [0.15, 0.2) is 6.61 Å². The molecule has 0 atom stereocenters. The van der Waals surface area contributed by atoms with E-state index in [1.54, 1.807) is 13.0 Å². The molecular formula is C14H17Cl2N3O2. The van der Waals surface area contributed by atoms with Gasteiger partial charge in [-0.25, -0.2) is 0 Å². The number of hydrogen-bond acceptors (Lipinski definition) is 5. The Labute approximate surface area is 133 Å². The normalized spacial score (nSPS) is 10.9. The number of hydrogen-bond donors (Lipinski definition) is 1. The van der Waals surface area contributed by atoms with Crippen LogP contribution in [-0.2, 0) is 13.2 Å². The Hall–Kier alpha value is -1.30. The van der Waals surface area contributed by atoms with E-state index >= 15 is 0 Å². The molecule has 7 heteroatoms. The van der Waals surface area contributed by atoms with Crippen molar-refractivity contribution >= 4 is 23.2 Å². The number of rotatable bonds is 7. The molecule has 0 bridgehead atoms. The first-order valence-electron chi connectivity index (χ1n) is 6.70. The second-order valence-electron chi connectivity index (χ2n) is 4.57. The van der Waals surface area contributed by atoms with Gasteiger partial charge in [-0.1, -0.05) is 35.3 Å². The highest BCUT2D eigenvalue weighted by Crippen LogP contribution is 2.33. The molecule has 21 heavy (non-hydrogen) atoms. The number of nitrogens with zero attached hydrogens (tertiary/aromatic N) is 2. The summed E-state index contributed by atoms with van der Waals surface area (Å²) < 4.78 is 10.6. The van der Waals surface area contributed by atoms with E-state index in [9.17, 15) is 0 Å². The van der Waals surface area contributed by atoms with Gasteiger partial charge in [0, 0.05) is 24.1 Å². The lowest BCUT2D eigenvalue weighted by Gasteiger charge is -2.13. The highest BCUT2D eigenvalue weighted by atomic mass is 35.5. The maximum atomic E-state index is 6.22. The lowest BCUT2D eigenvalue weighted by atomic mass is 10.2. The molecule has 114 valence electrons. The van der Waals surface area contributed by atoms with E-state index < -0.39 is 0 Å². The van der Waals surface area contributed by atoms with Gasteiger partial charge in [-0.2, -0.15) is 4.98 Å². The Bertz CT molecular complexity index is 602. The van der Waals surface area contributed by atoms with Crippen LogP contribution in [-0.4, -0.2) is 16.7 Å². The summed E-state index contributed by atoms with van der Waals surface area (Å²) >= 11 is 12.3. The van der Waals surface area contributed by atoms with Crippen LogP contribution in [0.15, 0.2) is 16.7 Å². The zero-order valence-electron chi connectivity index (χ0n) is 11.9. The molecule has 1 N–H and O–H groups in total. The van der Waals surface area contributed by atoms with Crippen LogP contribution in [0.5, 0.6) is 5.75 Å². The molecule has 0 aliphatic carbocycles. The SMILES string of the molecule is CCCNCc1cc(Cl)cc(Cl)c1OCc1noc(C)n1. The highest BCUT2D eigenvalue weighted by Gasteiger charge is 2.12. The van der Waals surface area contributed by atoms with Crippen LogP contribution in [0, 0.1) is 6.92 Å². The topological polar surface area (TPSA) is 60.2 Å². The van der Waals surface area contributed by atoms with Crippen molar-refractivity contribution in [3.63, 3.8) is 0 Å². The highest BCUT2D eigenvalue weighted by molar-refractivity contribution is 6.35. The van der Waals surface area contributed by atoms with Crippen molar-refractivity contribution in [2.24, 2.45) is 0 Å². The molecule has 0 aliphatic heterocycles. The van der Waals surface area contributed by atoms with E-state index in [4.69, 9.17) is 32.5 Å². The number of benzene rings is 1. The van der Waals surface area contributed by atoms with E-state index in [0.29, 0.717) is 34.1 Å². The zero-order chi connectivity index (χ0) is 15.2. The lowest BCUT2D eigenvalue weighted by Crippen LogP contribution is -2.15. The average molecular weight is 330 g/mol. The van der Waals surface area contributed by atoms with Gasteiger partial charge in [-0.15, -0.1) is 0 Å². The van der Waals surface area contributed by atoms with Crippen LogP contribution in [0.1, 0.15) is 30.6 Å². The summed E-state index contributed by atoms with van der Waals surface area (Å²) in [7, 11) is 0. The van der Waals surface area contributed by atoms with Crippen LogP contribution >= 0.6 is 23.2 Å². The smallest absolute Gasteiger partial charge is 0.223 e. The fourth-order valence-corrected chi connectivity index (χ4v) is 2.43. The minimum atomic E-state index is 0.194. The second kappa shape index (κ2) is 7.64. The predicted octanol–water partition coefficient (Wildman–Crippen LogP) is 3.76. The molecule has 0 unspecified atom stereocenters. The first kappa shape index (κ1) is 16.1. The maximum Gasteiger partial charge on any atom is 0.223 e. The fraction of sp³-hybridized carbons (Fsp3) is 0.429. The van der Waals surface area contributed by atoms with E-state index in [2.05, 4.69) is 22.4 Å². The Kier molecular flexibility index (Phi) is 5.85. The summed E-state index contributed by atoms with van der Waals surface area (Å²) in [5.41, 5.74) is 0.904. The van der Waals surface area contributed by atoms with Gasteiger partial charge in [0.25, 0.3) is 0 Å². The van der Waals surface area contributed by atoms with Gasteiger partial charge >= 0.3 is 0 Å². The largest absolute Gasteiger partial charge is 0.484 e. The van der Waals surface area contributed by atoms with Crippen LogP contribution in [0.25, 0.3) is 0 Å². The lowest BCUT2D eigenvalue weighted by molar-refractivity contribution is 0.282. The summed E-state index contributed by atoms with van der Waals surface area (Å²) in [4.78, 5) is 4.09. The molecule has 0 radical (unpaired) electrons. The monoisotopic (exact) mass is 329 g/mol. The maximum absolute atomic E-state index is 6.22. The van der Waals surface area contributed by atoms with Gasteiger partial charge in [0.2, 0.25) is 11.7 Å². The number of aryl methyl sites for hydroxylation is 1. The van der Waals surface area contributed by atoms with Crippen molar-refractivity contribution in [3.05, 3.63) is 39.5 Å². The third-order valence-electron chi connectivity index (χ3n) is 2.74. The summed E-state index contributed by atoms with van der Waals surface area (Å²) in [6.45, 7) is 5.57. The van der Waals surface area contributed by atoms with Crippen LogP contribution in [0.3, 0.4) is 0 Å². The van der Waals surface area contributed by atoms with Crippen LogP contribution in [0.2, 0.25) is 10.0 Å². The number of halogens is 2. The number of nitrogens with one attached hydrogen (secondary N) is 1. The van der Waals surface area contributed by atoms with Gasteiger partial charge in [0.1, 0.15) is 5.75 Å². The van der Waals surface area contributed by atoms with Crippen LogP contribution in [0.4, 0.5) is 0 Å². The zero-order valence-corrected chi connectivity index (χ0v) is 13.5. The summed E-state index contributed by atoms with van der Waals surface area (Å²) in [6.07, 6.45) is 1.05. The standard InChI is InChI=1S/C14H17Cl2N3O2/c1-3-4-17-7-10-5-11(15)6-12(16)14(10)20-8-13-18-9(2)21-19-13/h5-6,17H,3-4,7-8H2,1-2H3. The van der Waals surface area contributed by atoms with Gasteiger partial charge in [-0.05, 0) is 25.1 Å². The first-order valence-corrected chi connectivity index (χ1v) is 7.46.